The third-order valence-electron chi connectivity index (χ3n) is 2.66. The van der Waals surface area contributed by atoms with Gasteiger partial charge in [0.1, 0.15) is 12.4 Å². The molecule has 0 saturated carbocycles. The van der Waals surface area contributed by atoms with E-state index in [4.69, 9.17) is 10.5 Å². The molecule has 21 heavy (non-hydrogen) atoms. The zero-order chi connectivity index (χ0) is 15.6. The third kappa shape index (κ3) is 3.55. The van der Waals surface area contributed by atoms with Crippen LogP contribution in [0.4, 0.5) is 18.9 Å². The van der Waals surface area contributed by atoms with Crippen molar-refractivity contribution < 1.29 is 22.7 Å². The van der Waals surface area contributed by atoms with Crippen molar-refractivity contribution in [3.63, 3.8) is 0 Å². The molecule has 0 aromatic heterocycles. The fourth-order valence-electron chi connectivity index (χ4n) is 1.58. The van der Waals surface area contributed by atoms with Crippen LogP contribution in [0.3, 0.4) is 0 Å². The lowest BCUT2D eigenvalue weighted by Crippen LogP contribution is -2.08. The molecule has 0 bridgehead atoms. The summed E-state index contributed by atoms with van der Waals surface area (Å²) >= 11 is 3.02. The molecule has 0 saturated heterocycles. The average Bonchev–Trinajstić information content (AvgIpc) is 2.44. The number of carbonyl (C=O) groups is 1. The van der Waals surface area contributed by atoms with Crippen LogP contribution in [0.15, 0.2) is 34.8 Å². The summed E-state index contributed by atoms with van der Waals surface area (Å²) in [4.78, 5) is 11.9. The minimum atomic E-state index is -1.03. The zero-order valence-corrected chi connectivity index (χ0v) is 12.1. The SMILES string of the molecule is Nc1cc(C(=O)OCc2ccc(F)c(F)c2)c(Br)cc1F. The summed E-state index contributed by atoms with van der Waals surface area (Å²) in [6.07, 6.45) is 0. The summed E-state index contributed by atoms with van der Waals surface area (Å²) in [7, 11) is 0. The molecular weight excluding hydrogens is 351 g/mol. The van der Waals surface area contributed by atoms with E-state index in [1.54, 1.807) is 0 Å². The van der Waals surface area contributed by atoms with Crippen molar-refractivity contribution in [2.75, 3.05) is 5.73 Å². The van der Waals surface area contributed by atoms with E-state index in [9.17, 15) is 18.0 Å². The number of carbonyl (C=O) groups excluding carboxylic acids is 1. The van der Waals surface area contributed by atoms with E-state index in [0.717, 1.165) is 24.3 Å². The van der Waals surface area contributed by atoms with E-state index >= 15 is 0 Å². The van der Waals surface area contributed by atoms with Crippen molar-refractivity contribution >= 4 is 27.6 Å². The van der Waals surface area contributed by atoms with Crippen molar-refractivity contribution in [1.29, 1.82) is 0 Å². The second kappa shape index (κ2) is 6.17. The molecule has 0 aliphatic carbocycles. The van der Waals surface area contributed by atoms with Crippen molar-refractivity contribution in [3.8, 4) is 0 Å². The summed E-state index contributed by atoms with van der Waals surface area (Å²) < 4.78 is 44.1. The first-order valence-corrected chi connectivity index (χ1v) is 6.53. The Morgan fingerprint density at radius 3 is 2.48 bits per heavy atom. The van der Waals surface area contributed by atoms with Crippen molar-refractivity contribution in [1.82, 2.24) is 0 Å². The van der Waals surface area contributed by atoms with E-state index < -0.39 is 23.4 Å². The summed E-state index contributed by atoms with van der Waals surface area (Å²) in [5, 5.41) is 0. The number of halogens is 4. The molecule has 0 radical (unpaired) electrons. The Morgan fingerprint density at radius 1 is 1.10 bits per heavy atom. The Morgan fingerprint density at radius 2 is 1.81 bits per heavy atom. The number of anilines is 1. The molecule has 2 N–H and O–H groups in total. The number of ether oxygens (including phenoxy) is 1. The number of hydrogen-bond acceptors (Lipinski definition) is 3. The summed E-state index contributed by atoms with van der Waals surface area (Å²) in [6.45, 7) is -0.250. The van der Waals surface area contributed by atoms with Crippen molar-refractivity contribution in [2.24, 2.45) is 0 Å². The molecule has 2 aromatic rings. The highest BCUT2D eigenvalue weighted by molar-refractivity contribution is 9.10. The zero-order valence-electron chi connectivity index (χ0n) is 10.5. The molecule has 3 nitrogen and oxygen atoms in total. The average molecular weight is 360 g/mol. The van der Waals surface area contributed by atoms with E-state index in [1.807, 2.05) is 0 Å². The Labute approximate surface area is 126 Å². The highest BCUT2D eigenvalue weighted by atomic mass is 79.9. The van der Waals surface area contributed by atoms with Gasteiger partial charge in [-0.25, -0.2) is 18.0 Å². The lowest BCUT2D eigenvalue weighted by molar-refractivity contribution is 0.0471. The van der Waals surface area contributed by atoms with Crippen LogP contribution >= 0.6 is 15.9 Å². The predicted octanol–water partition coefficient (Wildman–Crippen LogP) is 3.81. The number of esters is 1. The maximum Gasteiger partial charge on any atom is 0.339 e. The maximum absolute atomic E-state index is 13.2. The minimum absolute atomic E-state index is 0.0384. The van der Waals surface area contributed by atoms with Gasteiger partial charge < -0.3 is 10.5 Å². The maximum atomic E-state index is 13.2. The smallest absolute Gasteiger partial charge is 0.339 e. The van der Waals surface area contributed by atoms with Gasteiger partial charge in [0.25, 0.3) is 0 Å². The van der Waals surface area contributed by atoms with E-state index in [2.05, 4.69) is 15.9 Å². The molecule has 0 amide bonds. The topological polar surface area (TPSA) is 52.3 Å². The Hall–Kier alpha value is -2.02. The molecule has 0 fully saturated rings. The second-order valence-electron chi connectivity index (χ2n) is 4.18. The molecule has 0 aliphatic heterocycles. The van der Waals surface area contributed by atoms with Crippen LogP contribution in [0.5, 0.6) is 0 Å². The molecule has 2 aromatic carbocycles. The summed E-state index contributed by atoms with van der Waals surface area (Å²) in [6, 6.07) is 5.33. The quantitative estimate of drug-likeness (QED) is 0.669. The highest BCUT2D eigenvalue weighted by Gasteiger charge is 2.15. The molecule has 7 heteroatoms. The van der Waals surface area contributed by atoms with Crippen LogP contribution < -0.4 is 5.73 Å². The largest absolute Gasteiger partial charge is 0.457 e. The molecular formula is C14H9BrF3NO2. The summed E-state index contributed by atoms with van der Waals surface area (Å²) in [5.41, 5.74) is 5.50. The molecule has 0 unspecified atom stereocenters. The van der Waals surface area contributed by atoms with Gasteiger partial charge in [-0.15, -0.1) is 0 Å². The molecule has 0 atom stereocenters. The Balaban J connectivity index is 2.11. The van der Waals surface area contributed by atoms with Crippen LogP contribution in [-0.2, 0) is 11.3 Å². The van der Waals surface area contributed by atoms with Crippen LogP contribution in [0, 0.1) is 17.5 Å². The van der Waals surface area contributed by atoms with Gasteiger partial charge in [-0.1, -0.05) is 6.07 Å². The van der Waals surface area contributed by atoms with Gasteiger partial charge in [0.15, 0.2) is 11.6 Å². The first kappa shape index (κ1) is 15.4. The normalized spacial score (nSPS) is 10.5. The first-order chi connectivity index (χ1) is 9.88. The van der Waals surface area contributed by atoms with Crippen LogP contribution in [0.2, 0.25) is 0 Å². The van der Waals surface area contributed by atoms with Gasteiger partial charge >= 0.3 is 5.97 Å². The molecule has 0 heterocycles. The number of benzene rings is 2. The molecule has 110 valence electrons. The number of hydrogen-bond donors (Lipinski definition) is 1. The van der Waals surface area contributed by atoms with Gasteiger partial charge in [0.05, 0.1) is 11.3 Å². The van der Waals surface area contributed by atoms with Gasteiger partial charge in [-0.3, -0.25) is 0 Å². The van der Waals surface area contributed by atoms with Gasteiger partial charge in [0, 0.05) is 4.47 Å². The fraction of sp³-hybridized carbons (Fsp3) is 0.0714. The lowest BCUT2D eigenvalue weighted by atomic mass is 10.2. The highest BCUT2D eigenvalue weighted by Crippen LogP contribution is 2.24. The molecule has 0 spiro atoms. The number of nitrogen functional groups attached to an aromatic ring is 1. The van der Waals surface area contributed by atoms with Gasteiger partial charge in [-0.2, -0.15) is 0 Å². The molecule has 2 rings (SSSR count). The van der Waals surface area contributed by atoms with Crippen LogP contribution in [0.1, 0.15) is 15.9 Å². The van der Waals surface area contributed by atoms with Gasteiger partial charge in [-0.05, 0) is 45.8 Å². The monoisotopic (exact) mass is 359 g/mol. The van der Waals surface area contributed by atoms with E-state index in [1.165, 1.54) is 6.07 Å². The predicted molar refractivity (Wildman–Crippen MR) is 74.0 cm³/mol. The second-order valence-corrected chi connectivity index (χ2v) is 5.03. The van der Waals surface area contributed by atoms with E-state index in [-0.39, 0.29) is 27.9 Å². The van der Waals surface area contributed by atoms with Crippen LogP contribution in [-0.4, -0.2) is 5.97 Å². The summed E-state index contributed by atoms with van der Waals surface area (Å²) in [5.74, 6) is -3.45. The lowest BCUT2D eigenvalue weighted by Gasteiger charge is -2.08. The minimum Gasteiger partial charge on any atom is -0.457 e. The number of nitrogens with two attached hydrogens (primary N) is 1. The number of rotatable bonds is 3. The Bertz CT molecular complexity index is 707. The standard InChI is InChI=1S/C14H9BrF3NO2/c15-9-5-12(18)13(19)4-8(9)14(20)21-6-7-1-2-10(16)11(17)3-7/h1-5H,6,19H2. The first-order valence-electron chi connectivity index (χ1n) is 5.74. The van der Waals surface area contributed by atoms with Gasteiger partial charge in [0.2, 0.25) is 0 Å². The fourth-order valence-corrected chi connectivity index (χ4v) is 2.06. The molecule has 0 aliphatic rings. The van der Waals surface area contributed by atoms with Crippen molar-refractivity contribution in [3.05, 3.63) is 63.4 Å². The third-order valence-corrected chi connectivity index (χ3v) is 3.32. The van der Waals surface area contributed by atoms with Crippen molar-refractivity contribution in [2.45, 2.75) is 6.61 Å². The Kier molecular flexibility index (Phi) is 4.52. The van der Waals surface area contributed by atoms with Crippen LogP contribution in [0.25, 0.3) is 0 Å². The van der Waals surface area contributed by atoms with E-state index in [0.29, 0.717) is 0 Å².